The van der Waals surface area contributed by atoms with E-state index in [2.05, 4.69) is 15.8 Å². The van der Waals surface area contributed by atoms with Crippen LogP contribution in [0, 0.1) is 6.92 Å². The first-order valence-electron chi connectivity index (χ1n) is 10.1. The number of aryl methyl sites for hydroxylation is 1. The standard InChI is InChI=1S/C22H24N4O4S/c1-16-7-9-17(10-8-16)20-14-22(30-25-20)24-21(27)15-23-18-5-4-6-19(13-18)31(28,29)26-11-2-3-12-26/h4-10,13-14,23H,2-3,11-12,15H2,1H3,(H,24,27). The third kappa shape index (κ3) is 4.95. The second kappa shape index (κ2) is 8.91. The van der Waals surface area contributed by atoms with E-state index < -0.39 is 10.0 Å². The Hall–Kier alpha value is -3.17. The number of carbonyl (C=O) groups is 1. The summed E-state index contributed by atoms with van der Waals surface area (Å²) in [5.74, 6) is -0.0906. The van der Waals surface area contributed by atoms with E-state index in [-0.39, 0.29) is 23.2 Å². The minimum Gasteiger partial charge on any atom is -0.376 e. The highest BCUT2D eigenvalue weighted by molar-refractivity contribution is 7.89. The average Bonchev–Trinajstić information content (AvgIpc) is 3.46. The van der Waals surface area contributed by atoms with Gasteiger partial charge in [0.2, 0.25) is 21.8 Å². The number of anilines is 2. The highest BCUT2D eigenvalue weighted by atomic mass is 32.2. The molecule has 31 heavy (non-hydrogen) atoms. The van der Waals surface area contributed by atoms with Crippen molar-refractivity contribution < 1.29 is 17.7 Å². The van der Waals surface area contributed by atoms with Crippen molar-refractivity contribution in [3.8, 4) is 11.3 Å². The van der Waals surface area contributed by atoms with Gasteiger partial charge in [0.25, 0.3) is 0 Å². The molecule has 0 radical (unpaired) electrons. The third-order valence-electron chi connectivity index (χ3n) is 5.11. The van der Waals surface area contributed by atoms with E-state index >= 15 is 0 Å². The SMILES string of the molecule is Cc1ccc(-c2cc(NC(=O)CNc3cccc(S(=O)(=O)N4CCCC4)c3)on2)cc1. The fourth-order valence-electron chi connectivity index (χ4n) is 3.40. The summed E-state index contributed by atoms with van der Waals surface area (Å²) in [4.78, 5) is 12.5. The predicted molar refractivity (Wildman–Crippen MR) is 118 cm³/mol. The molecule has 0 atom stereocenters. The zero-order valence-electron chi connectivity index (χ0n) is 17.2. The van der Waals surface area contributed by atoms with Gasteiger partial charge in [0.05, 0.1) is 11.4 Å². The molecule has 2 N–H and O–H groups in total. The molecule has 162 valence electrons. The lowest BCUT2D eigenvalue weighted by Crippen LogP contribution is -2.28. The summed E-state index contributed by atoms with van der Waals surface area (Å²) in [5.41, 5.74) is 3.21. The summed E-state index contributed by atoms with van der Waals surface area (Å²) in [5, 5.41) is 9.58. The number of rotatable bonds is 7. The van der Waals surface area contributed by atoms with Gasteiger partial charge in [-0.1, -0.05) is 41.1 Å². The number of carbonyl (C=O) groups excluding carboxylic acids is 1. The number of hydrogen-bond donors (Lipinski definition) is 2. The van der Waals surface area contributed by atoms with E-state index in [4.69, 9.17) is 4.52 Å². The smallest absolute Gasteiger partial charge is 0.246 e. The Balaban J connectivity index is 1.36. The molecule has 1 amide bonds. The average molecular weight is 441 g/mol. The molecule has 0 bridgehead atoms. The van der Waals surface area contributed by atoms with Crippen LogP contribution in [-0.2, 0) is 14.8 Å². The van der Waals surface area contributed by atoms with E-state index in [0.717, 1.165) is 24.0 Å². The molecule has 1 fully saturated rings. The second-order valence-electron chi connectivity index (χ2n) is 7.48. The molecular weight excluding hydrogens is 416 g/mol. The number of aromatic nitrogens is 1. The highest BCUT2D eigenvalue weighted by Crippen LogP contribution is 2.24. The van der Waals surface area contributed by atoms with Crippen LogP contribution in [0.2, 0.25) is 0 Å². The van der Waals surface area contributed by atoms with Crippen molar-refractivity contribution >= 4 is 27.5 Å². The molecule has 1 saturated heterocycles. The van der Waals surface area contributed by atoms with Crippen LogP contribution < -0.4 is 10.6 Å². The summed E-state index contributed by atoms with van der Waals surface area (Å²) < 4.78 is 32.1. The van der Waals surface area contributed by atoms with Crippen LogP contribution in [-0.4, -0.2) is 43.4 Å². The molecule has 8 nitrogen and oxygen atoms in total. The first-order chi connectivity index (χ1) is 14.9. The first-order valence-corrected chi connectivity index (χ1v) is 11.5. The Labute approximate surface area is 181 Å². The molecule has 3 aromatic rings. The van der Waals surface area contributed by atoms with Crippen LogP contribution in [0.1, 0.15) is 18.4 Å². The molecule has 0 spiro atoms. The van der Waals surface area contributed by atoms with E-state index in [1.54, 1.807) is 30.3 Å². The maximum atomic E-state index is 12.7. The fraction of sp³-hybridized carbons (Fsp3) is 0.273. The molecule has 2 aromatic carbocycles. The molecule has 1 aliphatic rings. The maximum absolute atomic E-state index is 12.7. The maximum Gasteiger partial charge on any atom is 0.246 e. The van der Waals surface area contributed by atoms with Crippen LogP contribution in [0.25, 0.3) is 11.3 Å². The number of nitrogens with one attached hydrogen (secondary N) is 2. The van der Waals surface area contributed by atoms with E-state index in [9.17, 15) is 13.2 Å². The zero-order chi connectivity index (χ0) is 21.8. The van der Waals surface area contributed by atoms with Crippen molar-refractivity contribution in [2.75, 3.05) is 30.3 Å². The van der Waals surface area contributed by atoms with Crippen LogP contribution >= 0.6 is 0 Å². The molecule has 0 aliphatic carbocycles. The lowest BCUT2D eigenvalue weighted by atomic mass is 10.1. The summed E-state index contributed by atoms with van der Waals surface area (Å²) in [6.07, 6.45) is 1.76. The number of hydrogen-bond acceptors (Lipinski definition) is 6. The predicted octanol–water partition coefficient (Wildman–Crippen LogP) is 3.49. The number of amides is 1. The number of benzene rings is 2. The minimum absolute atomic E-state index is 0.0478. The van der Waals surface area contributed by atoms with Gasteiger partial charge < -0.3 is 9.84 Å². The Bertz CT molecular complexity index is 1170. The van der Waals surface area contributed by atoms with Crippen molar-refractivity contribution in [1.29, 1.82) is 0 Å². The van der Waals surface area contributed by atoms with E-state index in [1.165, 1.54) is 4.31 Å². The van der Waals surface area contributed by atoms with Gasteiger partial charge >= 0.3 is 0 Å². The van der Waals surface area contributed by atoms with Crippen molar-refractivity contribution in [2.24, 2.45) is 0 Å². The lowest BCUT2D eigenvalue weighted by Gasteiger charge is -2.16. The molecule has 1 aromatic heterocycles. The topological polar surface area (TPSA) is 105 Å². The van der Waals surface area contributed by atoms with Crippen molar-refractivity contribution in [1.82, 2.24) is 9.46 Å². The Morgan fingerprint density at radius 1 is 1.10 bits per heavy atom. The van der Waals surface area contributed by atoms with Crippen LogP contribution in [0.4, 0.5) is 11.6 Å². The monoisotopic (exact) mass is 440 g/mol. The van der Waals surface area contributed by atoms with Gasteiger partial charge in [-0.15, -0.1) is 0 Å². The van der Waals surface area contributed by atoms with E-state index in [0.29, 0.717) is 24.5 Å². The first kappa shape index (κ1) is 21.1. The van der Waals surface area contributed by atoms with Gasteiger partial charge in [-0.25, -0.2) is 8.42 Å². The van der Waals surface area contributed by atoms with E-state index in [1.807, 2.05) is 31.2 Å². The lowest BCUT2D eigenvalue weighted by molar-refractivity contribution is -0.114. The van der Waals surface area contributed by atoms with Gasteiger partial charge in [-0.3, -0.25) is 10.1 Å². The van der Waals surface area contributed by atoms with Crippen LogP contribution in [0.3, 0.4) is 0 Å². The van der Waals surface area contributed by atoms with Crippen LogP contribution in [0.5, 0.6) is 0 Å². The Morgan fingerprint density at radius 2 is 1.84 bits per heavy atom. The highest BCUT2D eigenvalue weighted by Gasteiger charge is 2.27. The molecule has 2 heterocycles. The summed E-state index contributed by atoms with van der Waals surface area (Å²) in [7, 11) is -3.51. The van der Waals surface area contributed by atoms with Crippen molar-refractivity contribution in [3.63, 3.8) is 0 Å². The minimum atomic E-state index is -3.51. The summed E-state index contributed by atoms with van der Waals surface area (Å²) in [6.45, 7) is 3.05. The van der Waals surface area contributed by atoms with Gasteiger partial charge in [0.1, 0.15) is 5.69 Å². The Morgan fingerprint density at radius 3 is 2.58 bits per heavy atom. The molecule has 4 rings (SSSR count). The third-order valence-corrected chi connectivity index (χ3v) is 7.00. The zero-order valence-corrected chi connectivity index (χ0v) is 18.0. The van der Waals surface area contributed by atoms with Gasteiger partial charge in [-0.05, 0) is 38.0 Å². The van der Waals surface area contributed by atoms with Gasteiger partial charge in [-0.2, -0.15) is 4.31 Å². The quantitative estimate of drug-likeness (QED) is 0.583. The largest absolute Gasteiger partial charge is 0.376 e. The molecule has 0 unspecified atom stereocenters. The number of nitrogens with zero attached hydrogens (tertiary/aromatic N) is 2. The fourth-order valence-corrected chi connectivity index (χ4v) is 4.97. The van der Waals surface area contributed by atoms with Gasteiger partial charge in [0, 0.05) is 30.4 Å². The second-order valence-corrected chi connectivity index (χ2v) is 9.42. The van der Waals surface area contributed by atoms with Crippen LogP contribution in [0.15, 0.2) is 64.0 Å². The normalized spacial score (nSPS) is 14.5. The Kier molecular flexibility index (Phi) is 6.06. The summed E-state index contributed by atoms with van der Waals surface area (Å²) >= 11 is 0. The molecule has 1 aliphatic heterocycles. The molecule has 0 saturated carbocycles. The summed E-state index contributed by atoms with van der Waals surface area (Å²) in [6, 6.07) is 16.0. The van der Waals surface area contributed by atoms with Gasteiger partial charge in [0.15, 0.2) is 0 Å². The molecular formula is C22H24N4O4S. The molecule has 9 heteroatoms. The number of sulfonamides is 1. The van der Waals surface area contributed by atoms with Crippen molar-refractivity contribution in [3.05, 3.63) is 60.2 Å². The van der Waals surface area contributed by atoms with Crippen molar-refractivity contribution in [2.45, 2.75) is 24.7 Å².